The Morgan fingerprint density at radius 2 is 1.64 bits per heavy atom. The normalized spacial score (nSPS) is 14.3. The molecule has 2 amide bonds. The third kappa shape index (κ3) is 5.83. The van der Waals surface area contributed by atoms with Crippen LogP contribution in [0.3, 0.4) is 0 Å². The highest BCUT2D eigenvalue weighted by atomic mass is 35.5. The van der Waals surface area contributed by atoms with Gasteiger partial charge < -0.3 is 19.7 Å². The van der Waals surface area contributed by atoms with Gasteiger partial charge in [-0.25, -0.2) is 0 Å². The van der Waals surface area contributed by atoms with Gasteiger partial charge in [-0.05, 0) is 61.4 Å². The van der Waals surface area contributed by atoms with Gasteiger partial charge in [-0.2, -0.15) is 0 Å². The number of carbonyl (C=O) groups excluding carboxylic acids is 2. The number of anilines is 1. The van der Waals surface area contributed by atoms with E-state index in [-0.39, 0.29) is 29.5 Å². The highest BCUT2D eigenvalue weighted by Crippen LogP contribution is 2.21. The van der Waals surface area contributed by atoms with Crippen LogP contribution in [-0.4, -0.2) is 47.5 Å². The van der Waals surface area contributed by atoms with E-state index in [0.29, 0.717) is 42.1 Å². The van der Waals surface area contributed by atoms with E-state index in [1.165, 1.54) is 6.20 Å². The number of nitrogens with one attached hydrogen (secondary N) is 1. The number of carbonyl (C=O) groups is 2. The molecule has 0 bridgehead atoms. The fraction of sp³-hybridized carbons (Fsp3) is 0.258. The Bertz CT molecular complexity index is 1560. The molecule has 0 spiro atoms. The predicted molar refractivity (Wildman–Crippen MR) is 156 cm³/mol. The lowest BCUT2D eigenvalue weighted by atomic mass is 10.1. The van der Waals surface area contributed by atoms with Crippen LogP contribution in [-0.2, 0) is 11.3 Å². The van der Waals surface area contributed by atoms with Crippen molar-refractivity contribution in [2.75, 3.05) is 31.1 Å². The van der Waals surface area contributed by atoms with Gasteiger partial charge in [0.05, 0.1) is 11.6 Å². The lowest BCUT2D eigenvalue weighted by Gasteiger charge is -2.36. The van der Waals surface area contributed by atoms with E-state index >= 15 is 0 Å². The van der Waals surface area contributed by atoms with Gasteiger partial charge in [-0.1, -0.05) is 48.0 Å². The molecule has 0 aliphatic carbocycles. The van der Waals surface area contributed by atoms with E-state index in [2.05, 4.69) is 10.2 Å². The van der Waals surface area contributed by atoms with Crippen LogP contribution in [0.15, 0.2) is 83.8 Å². The van der Waals surface area contributed by atoms with Gasteiger partial charge in [0.2, 0.25) is 11.3 Å². The number of aromatic nitrogens is 1. The minimum Gasteiger partial charge on any atom is -0.368 e. The summed E-state index contributed by atoms with van der Waals surface area (Å²) in [6, 6.07) is 22.5. The zero-order valence-corrected chi connectivity index (χ0v) is 22.8. The third-order valence-electron chi connectivity index (χ3n) is 7.26. The van der Waals surface area contributed by atoms with Crippen molar-refractivity contribution in [3.05, 3.63) is 111 Å². The van der Waals surface area contributed by atoms with Crippen molar-refractivity contribution in [1.82, 2.24) is 14.8 Å². The number of fused-ring (bicyclic) bond motifs is 1. The minimum atomic E-state index is -0.461. The second kappa shape index (κ2) is 11.3. The summed E-state index contributed by atoms with van der Waals surface area (Å²) in [7, 11) is 0. The molecular weight excluding hydrogens is 512 g/mol. The fourth-order valence-electron chi connectivity index (χ4n) is 5.00. The molecule has 4 aromatic rings. The lowest BCUT2D eigenvalue weighted by Crippen LogP contribution is -2.49. The molecule has 2 heterocycles. The molecule has 1 saturated heterocycles. The predicted octanol–water partition coefficient (Wildman–Crippen LogP) is 4.80. The van der Waals surface area contributed by atoms with Gasteiger partial charge in [0.15, 0.2) is 0 Å². The molecule has 1 aliphatic heterocycles. The van der Waals surface area contributed by atoms with Crippen molar-refractivity contribution < 1.29 is 9.59 Å². The molecule has 3 aromatic carbocycles. The number of benzene rings is 3. The first kappa shape index (κ1) is 26.5. The summed E-state index contributed by atoms with van der Waals surface area (Å²) < 4.78 is 1.74. The first-order valence-electron chi connectivity index (χ1n) is 13.1. The topological polar surface area (TPSA) is 74.6 Å². The number of rotatable bonds is 6. The summed E-state index contributed by atoms with van der Waals surface area (Å²) in [4.78, 5) is 44.1. The molecule has 1 fully saturated rings. The van der Waals surface area contributed by atoms with Gasteiger partial charge in [0.25, 0.3) is 5.91 Å². The number of nitrogens with zero attached hydrogens (tertiary/aromatic N) is 3. The van der Waals surface area contributed by atoms with E-state index in [9.17, 15) is 14.4 Å². The van der Waals surface area contributed by atoms with Crippen LogP contribution in [0.4, 0.5) is 5.69 Å². The third-order valence-corrected chi connectivity index (χ3v) is 7.51. The van der Waals surface area contributed by atoms with Crippen LogP contribution in [0, 0.1) is 6.92 Å². The Morgan fingerprint density at radius 1 is 0.949 bits per heavy atom. The standard InChI is InChI=1S/C31H31ClN4O3/c1-21-8-13-26-28(18-21)36(19-27(30(26)38)31(39)33-22(2)23-6-4-3-5-7-23)20-29(37)35-16-14-34(15-17-35)25-11-9-24(32)10-12-25/h3-13,18-19,22H,14-17,20H2,1-2H3,(H,33,39)/t22-/m0/s1. The first-order chi connectivity index (χ1) is 18.8. The number of pyridine rings is 1. The molecule has 7 nitrogen and oxygen atoms in total. The molecule has 1 atom stereocenters. The molecule has 8 heteroatoms. The van der Waals surface area contributed by atoms with Gasteiger partial charge in [0.1, 0.15) is 12.1 Å². The number of hydrogen-bond donors (Lipinski definition) is 1. The zero-order chi connectivity index (χ0) is 27.5. The summed E-state index contributed by atoms with van der Waals surface area (Å²) in [6.07, 6.45) is 1.53. The number of aryl methyl sites for hydroxylation is 1. The molecule has 200 valence electrons. The van der Waals surface area contributed by atoms with Crippen LogP contribution in [0.25, 0.3) is 10.9 Å². The van der Waals surface area contributed by atoms with E-state index in [4.69, 9.17) is 11.6 Å². The van der Waals surface area contributed by atoms with Crippen LogP contribution >= 0.6 is 11.6 Å². The molecule has 0 unspecified atom stereocenters. The van der Waals surface area contributed by atoms with Crippen molar-refractivity contribution >= 4 is 40.0 Å². The maximum absolute atomic E-state index is 13.4. The summed E-state index contributed by atoms with van der Waals surface area (Å²) in [6.45, 7) is 6.44. The van der Waals surface area contributed by atoms with E-state index in [1.807, 2.05) is 85.5 Å². The second-order valence-corrected chi connectivity index (χ2v) is 10.4. The first-order valence-corrected chi connectivity index (χ1v) is 13.5. The van der Waals surface area contributed by atoms with Gasteiger partial charge in [-0.15, -0.1) is 0 Å². The minimum absolute atomic E-state index is 0.0227. The van der Waals surface area contributed by atoms with Crippen LogP contribution < -0.4 is 15.6 Å². The van der Waals surface area contributed by atoms with Crippen molar-refractivity contribution in [2.24, 2.45) is 0 Å². The van der Waals surface area contributed by atoms with E-state index < -0.39 is 5.91 Å². The average Bonchev–Trinajstić information content (AvgIpc) is 2.95. The van der Waals surface area contributed by atoms with E-state index in [0.717, 1.165) is 16.8 Å². The van der Waals surface area contributed by atoms with Gasteiger partial charge in [-0.3, -0.25) is 14.4 Å². The Kier molecular flexibility index (Phi) is 7.70. The molecule has 39 heavy (non-hydrogen) atoms. The van der Waals surface area contributed by atoms with Crippen molar-refractivity contribution in [3.8, 4) is 0 Å². The van der Waals surface area contributed by atoms with Crippen LogP contribution in [0.1, 0.15) is 34.5 Å². The highest BCUT2D eigenvalue weighted by Gasteiger charge is 2.23. The summed E-state index contributed by atoms with van der Waals surface area (Å²) in [5, 5.41) is 4.05. The molecular formula is C31H31ClN4O3. The molecule has 5 rings (SSSR count). The highest BCUT2D eigenvalue weighted by molar-refractivity contribution is 6.30. The maximum Gasteiger partial charge on any atom is 0.257 e. The van der Waals surface area contributed by atoms with Crippen LogP contribution in [0.2, 0.25) is 5.02 Å². The summed E-state index contributed by atoms with van der Waals surface area (Å²) in [5.41, 5.74) is 3.30. The SMILES string of the molecule is Cc1ccc2c(=O)c(C(=O)N[C@@H](C)c3ccccc3)cn(CC(=O)N3CCN(c4ccc(Cl)cc4)CC3)c2c1. The summed E-state index contributed by atoms with van der Waals surface area (Å²) >= 11 is 6.02. The smallest absolute Gasteiger partial charge is 0.257 e. The number of piperazine rings is 1. The lowest BCUT2D eigenvalue weighted by molar-refractivity contribution is -0.132. The Balaban J connectivity index is 1.37. The molecule has 1 aliphatic rings. The largest absolute Gasteiger partial charge is 0.368 e. The number of halogens is 1. The second-order valence-electron chi connectivity index (χ2n) is 9.97. The van der Waals surface area contributed by atoms with Gasteiger partial charge >= 0.3 is 0 Å². The number of amides is 2. The Labute approximate surface area is 232 Å². The summed E-state index contributed by atoms with van der Waals surface area (Å²) in [5.74, 6) is -0.516. The van der Waals surface area contributed by atoms with Crippen molar-refractivity contribution in [2.45, 2.75) is 26.4 Å². The van der Waals surface area contributed by atoms with Crippen molar-refractivity contribution in [3.63, 3.8) is 0 Å². The average molecular weight is 543 g/mol. The zero-order valence-electron chi connectivity index (χ0n) is 22.1. The van der Waals surface area contributed by atoms with E-state index in [1.54, 1.807) is 10.6 Å². The van der Waals surface area contributed by atoms with Crippen molar-refractivity contribution in [1.29, 1.82) is 0 Å². The Morgan fingerprint density at radius 3 is 2.33 bits per heavy atom. The molecule has 1 aromatic heterocycles. The monoisotopic (exact) mass is 542 g/mol. The molecule has 1 N–H and O–H groups in total. The van der Waals surface area contributed by atoms with Gasteiger partial charge in [0, 0.05) is 48.5 Å². The fourth-order valence-corrected chi connectivity index (χ4v) is 5.13. The number of hydrogen-bond acceptors (Lipinski definition) is 4. The Hall–Kier alpha value is -4.10. The quantitative estimate of drug-likeness (QED) is 0.380. The molecule has 0 saturated carbocycles. The maximum atomic E-state index is 13.4. The van der Waals surface area contributed by atoms with Crippen LogP contribution in [0.5, 0.6) is 0 Å². The molecule has 0 radical (unpaired) electrons.